The van der Waals surface area contributed by atoms with Crippen molar-refractivity contribution in [2.45, 2.75) is 36.2 Å². The fourth-order valence-corrected chi connectivity index (χ4v) is 3.62. The second kappa shape index (κ2) is 6.69. The first-order valence-electron chi connectivity index (χ1n) is 8.56. The van der Waals surface area contributed by atoms with E-state index in [1.54, 1.807) is 30.5 Å². The Hall–Kier alpha value is -2.88. The summed E-state index contributed by atoms with van der Waals surface area (Å²) in [5.41, 5.74) is 0.506. The molecule has 1 atom stereocenters. The monoisotopic (exact) mass is 386 g/mol. The van der Waals surface area contributed by atoms with Gasteiger partial charge in [0.25, 0.3) is 5.56 Å². The van der Waals surface area contributed by atoms with Crippen LogP contribution in [0, 0.1) is 0 Å². The molecule has 0 bridgehead atoms. The summed E-state index contributed by atoms with van der Waals surface area (Å²) in [7, 11) is 1.63. The van der Waals surface area contributed by atoms with Gasteiger partial charge < -0.3 is 5.32 Å². The minimum atomic E-state index is -0.571. The number of aromatic nitrogens is 4. The molecule has 27 heavy (non-hydrogen) atoms. The van der Waals surface area contributed by atoms with Gasteiger partial charge in [0.05, 0.1) is 16.2 Å². The molecule has 1 aliphatic carbocycles. The van der Waals surface area contributed by atoms with Crippen LogP contribution in [0.1, 0.15) is 19.8 Å². The molecular weight excluding hydrogens is 368 g/mol. The maximum absolute atomic E-state index is 12.5. The number of hydrogen-bond acceptors (Lipinski definition) is 6. The lowest BCUT2D eigenvalue weighted by molar-refractivity contribution is -0.119. The van der Waals surface area contributed by atoms with E-state index in [4.69, 9.17) is 0 Å². The van der Waals surface area contributed by atoms with Crippen molar-refractivity contribution < 1.29 is 9.59 Å². The van der Waals surface area contributed by atoms with Crippen LogP contribution in [-0.4, -0.2) is 42.4 Å². The van der Waals surface area contributed by atoms with E-state index in [1.165, 1.54) is 16.3 Å². The molecule has 3 aromatic rings. The van der Waals surface area contributed by atoms with Crippen molar-refractivity contribution in [3.8, 4) is 0 Å². The second-order valence-electron chi connectivity index (χ2n) is 6.50. The quantitative estimate of drug-likeness (QED) is 0.649. The van der Waals surface area contributed by atoms with Gasteiger partial charge in [-0.2, -0.15) is 0 Å². The van der Waals surface area contributed by atoms with E-state index in [0.717, 1.165) is 12.8 Å². The molecule has 2 heterocycles. The van der Waals surface area contributed by atoms with Gasteiger partial charge in [-0.15, -0.1) is 10.2 Å². The molecule has 2 N–H and O–H groups in total. The van der Waals surface area contributed by atoms with E-state index in [2.05, 4.69) is 20.8 Å². The number of amides is 3. The molecule has 1 fully saturated rings. The molecule has 2 aromatic heterocycles. The zero-order chi connectivity index (χ0) is 19.1. The van der Waals surface area contributed by atoms with Crippen LogP contribution >= 0.6 is 11.8 Å². The van der Waals surface area contributed by atoms with E-state index < -0.39 is 17.2 Å². The SMILES string of the molecule is CC(Sc1nnc2n(C)c(=O)c3ccccc3n12)C(=O)NC(=O)NC1CC1. The van der Waals surface area contributed by atoms with Crippen LogP contribution in [0.3, 0.4) is 0 Å². The highest BCUT2D eigenvalue weighted by molar-refractivity contribution is 8.00. The molecule has 3 amide bonds. The summed E-state index contributed by atoms with van der Waals surface area (Å²) in [6.07, 6.45) is 1.90. The second-order valence-corrected chi connectivity index (χ2v) is 7.80. The zero-order valence-electron chi connectivity index (χ0n) is 14.8. The molecule has 0 aliphatic heterocycles. The van der Waals surface area contributed by atoms with Crippen LogP contribution in [0.15, 0.2) is 34.2 Å². The minimum absolute atomic E-state index is 0.162. The molecule has 1 aromatic carbocycles. The van der Waals surface area contributed by atoms with Crippen LogP contribution in [0.2, 0.25) is 0 Å². The Labute approximate surface area is 158 Å². The Morgan fingerprint density at radius 1 is 1.26 bits per heavy atom. The van der Waals surface area contributed by atoms with Crippen molar-refractivity contribution in [1.82, 2.24) is 29.8 Å². The number of imide groups is 1. The molecule has 1 unspecified atom stereocenters. The molecule has 9 nitrogen and oxygen atoms in total. The number of urea groups is 1. The van der Waals surface area contributed by atoms with Gasteiger partial charge in [0.15, 0.2) is 5.16 Å². The van der Waals surface area contributed by atoms with Crippen molar-refractivity contribution in [3.63, 3.8) is 0 Å². The van der Waals surface area contributed by atoms with Gasteiger partial charge in [-0.05, 0) is 31.9 Å². The number of nitrogens with one attached hydrogen (secondary N) is 2. The standard InChI is InChI=1S/C17H18N6O3S/c1-9(13(24)19-15(26)18-10-7-8-10)27-17-21-20-16-22(2)14(25)11-5-3-4-6-12(11)23(16)17/h3-6,9-10H,7-8H2,1-2H3,(H2,18,19,24,26). The lowest BCUT2D eigenvalue weighted by Crippen LogP contribution is -2.43. The van der Waals surface area contributed by atoms with E-state index in [0.29, 0.717) is 21.8 Å². The summed E-state index contributed by atoms with van der Waals surface area (Å²) in [5.74, 6) is -0.0238. The van der Waals surface area contributed by atoms with E-state index in [9.17, 15) is 14.4 Å². The zero-order valence-corrected chi connectivity index (χ0v) is 15.6. The van der Waals surface area contributed by atoms with Crippen molar-refractivity contribution in [1.29, 1.82) is 0 Å². The van der Waals surface area contributed by atoms with Gasteiger partial charge >= 0.3 is 6.03 Å². The number of fused-ring (bicyclic) bond motifs is 3. The van der Waals surface area contributed by atoms with Gasteiger partial charge in [0, 0.05) is 13.1 Å². The maximum Gasteiger partial charge on any atom is 0.321 e. The highest BCUT2D eigenvalue weighted by atomic mass is 32.2. The predicted octanol–water partition coefficient (Wildman–Crippen LogP) is 1.05. The third-order valence-electron chi connectivity index (χ3n) is 4.40. The molecule has 140 valence electrons. The summed E-state index contributed by atoms with van der Waals surface area (Å²) >= 11 is 1.18. The minimum Gasteiger partial charge on any atom is -0.335 e. The topological polar surface area (TPSA) is 110 Å². The first kappa shape index (κ1) is 17.5. The highest BCUT2D eigenvalue weighted by Crippen LogP contribution is 2.25. The average Bonchev–Trinajstić information content (AvgIpc) is 3.36. The number of benzene rings is 1. The predicted molar refractivity (Wildman–Crippen MR) is 101 cm³/mol. The average molecular weight is 386 g/mol. The van der Waals surface area contributed by atoms with Crippen molar-refractivity contribution >= 4 is 40.4 Å². The molecule has 10 heteroatoms. The molecular formula is C17H18N6O3S. The lowest BCUT2D eigenvalue weighted by atomic mass is 10.2. The third kappa shape index (κ3) is 3.27. The number of aryl methyl sites for hydroxylation is 1. The Morgan fingerprint density at radius 2 is 2.00 bits per heavy atom. The largest absolute Gasteiger partial charge is 0.335 e. The smallest absolute Gasteiger partial charge is 0.321 e. The summed E-state index contributed by atoms with van der Waals surface area (Å²) in [6.45, 7) is 1.69. The number of hydrogen-bond donors (Lipinski definition) is 2. The highest BCUT2D eigenvalue weighted by Gasteiger charge is 2.26. The fourth-order valence-electron chi connectivity index (χ4n) is 2.76. The van der Waals surface area contributed by atoms with Crippen LogP contribution in [0.4, 0.5) is 4.79 Å². The number of rotatable bonds is 4. The van der Waals surface area contributed by atoms with Gasteiger partial charge in [0.1, 0.15) is 0 Å². The maximum atomic E-state index is 12.5. The number of nitrogens with zero attached hydrogens (tertiary/aromatic N) is 4. The fraction of sp³-hybridized carbons (Fsp3) is 0.353. The molecule has 0 saturated heterocycles. The normalized spacial score (nSPS) is 15.0. The van der Waals surface area contributed by atoms with Gasteiger partial charge in [-0.3, -0.25) is 23.9 Å². The Balaban J connectivity index is 1.63. The summed E-state index contributed by atoms with van der Waals surface area (Å²) in [5, 5.41) is 13.7. The Morgan fingerprint density at radius 3 is 2.74 bits per heavy atom. The van der Waals surface area contributed by atoms with Crippen LogP contribution < -0.4 is 16.2 Å². The summed E-state index contributed by atoms with van der Waals surface area (Å²) in [4.78, 5) is 36.5. The number of para-hydroxylation sites is 1. The van der Waals surface area contributed by atoms with Crippen LogP contribution in [-0.2, 0) is 11.8 Å². The van der Waals surface area contributed by atoms with Crippen molar-refractivity contribution in [3.05, 3.63) is 34.6 Å². The Kier molecular flexibility index (Phi) is 4.34. The first-order chi connectivity index (χ1) is 13.0. The van der Waals surface area contributed by atoms with E-state index in [-0.39, 0.29) is 11.6 Å². The van der Waals surface area contributed by atoms with Crippen LogP contribution in [0.25, 0.3) is 16.7 Å². The summed E-state index contributed by atoms with van der Waals surface area (Å²) < 4.78 is 3.17. The molecule has 0 radical (unpaired) electrons. The van der Waals surface area contributed by atoms with Crippen molar-refractivity contribution in [2.24, 2.45) is 7.05 Å². The number of thioether (sulfide) groups is 1. The van der Waals surface area contributed by atoms with Gasteiger partial charge in [-0.25, -0.2) is 4.79 Å². The molecule has 1 saturated carbocycles. The number of carbonyl (C=O) groups is 2. The molecule has 1 aliphatic rings. The third-order valence-corrected chi connectivity index (χ3v) is 5.44. The lowest BCUT2D eigenvalue weighted by Gasteiger charge is -2.12. The Bertz CT molecular complexity index is 1120. The van der Waals surface area contributed by atoms with Gasteiger partial charge in [0.2, 0.25) is 11.7 Å². The van der Waals surface area contributed by atoms with Crippen LogP contribution in [0.5, 0.6) is 0 Å². The molecule has 0 spiro atoms. The van der Waals surface area contributed by atoms with E-state index >= 15 is 0 Å². The summed E-state index contributed by atoms with van der Waals surface area (Å²) in [6, 6.07) is 6.87. The van der Waals surface area contributed by atoms with Gasteiger partial charge in [-0.1, -0.05) is 23.9 Å². The first-order valence-corrected chi connectivity index (χ1v) is 9.44. The van der Waals surface area contributed by atoms with E-state index in [1.807, 2.05) is 12.1 Å². The molecule has 4 rings (SSSR count). The van der Waals surface area contributed by atoms with Crippen molar-refractivity contribution in [2.75, 3.05) is 0 Å². The number of carbonyl (C=O) groups excluding carboxylic acids is 2.